The molecule has 0 N–H and O–H groups in total. The fraction of sp³-hybridized carbons (Fsp3) is 0.440. The van der Waals surface area contributed by atoms with E-state index >= 15 is 0 Å². The molecule has 168 valence electrons. The van der Waals surface area contributed by atoms with Crippen molar-refractivity contribution >= 4 is 45.0 Å². The summed E-state index contributed by atoms with van der Waals surface area (Å²) in [5, 5.41) is 0.805. The number of halogens is 1. The maximum Gasteiger partial charge on any atom is 0.233 e. The molecule has 1 heterocycles. The minimum Gasteiger partial charge on any atom is -0.302 e. The van der Waals surface area contributed by atoms with Crippen LogP contribution in [0.5, 0.6) is 0 Å². The monoisotopic (exact) mass is 459 g/mol. The summed E-state index contributed by atoms with van der Waals surface area (Å²) in [4.78, 5) is 22.6. The maximum absolute atomic E-state index is 13.5. The van der Waals surface area contributed by atoms with Crippen LogP contribution < -0.4 is 4.90 Å². The van der Waals surface area contributed by atoms with Gasteiger partial charge in [-0.15, -0.1) is 12.4 Å². The molecule has 0 aliphatic carbocycles. The normalized spacial score (nSPS) is 11.1. The van der Waals surface area contributed by atoms with E-state index in [0.717, 1.165) is 46.1 Å². The number of amides is 1. The zero-order valence-electron chi connectivity index (χ0n) is 19.5. The van der Waals surface area contributed by atoms with Crippen molar-refractivity contribution in [2.24, 2.45) is 0 Å². The van der Waals surface area contributed by atoms with E-state index in [4.69, 9.17) is 4.98 Å². The standard InChI is InChI=1S/C25H33N3OS.ClH/c1-7-27(8-2)12-13-28(25-26-24-18(4)10-9-11-22(24)30-25)23(29)16-21-19(5)14-17(3)15-20(21)6;/h9-11,14-15H,7-8,12-13,16H2,1-6H3;1H. The number of aryl methyl sites for hydroxylation is 4. The van der Waals surface area contributed by atoms with Gasteiger partial charge < -0.3 is 4.90 Å². The molecule has 0 atom stereocenters. The van der Waals surface area contributed by atoms with Crippen molar-refractivity contribution in [3.8, 4) is 0 Å². The van der Waals surface area contributed by atoms with Crippen molar-refractivity contribution in [2.45, 2.75) is 48.0 Å². The average Bonchev–Trinajstić information content (AvgIpc) is 3.13. The van der Waals surface area contributed by atoms with Crippen LogP contribution in [0.3, 0.4) is 0 Å². The highest BCUT2D eigenvalue weighted by atomic mass is 35.5. The third-order valence-corrected chi connectivity index (χ3v) is 6.89. The molecule has 0 saturated heterocycles. The second-order valence-corrected chi connectivity index (χ2v) is 9.05. The number of thiazole rings is 1. The number of carbonyl (C=O) groups is 1. The number of rotatable bonds is 8. The number of fused-ring (bicyclic) bond motifs is 1. The predicted molar refractivity (Wildman–Crippen MR) is 136 cm³/mol. The van der Waals surface area contributed by atoms with Crippen LogP contribution in [0.15, 0.2) is 30.3 Å². The van der Waals surface area contributed by atoms with E-state index in [1.165, 1.54) is 16.7 Å². The van der Waals surface area contributed by atoms with E-state index in [1.807, 2.05) is 4.90 Å². The lowest BCUT2D eigenvalue weighted by molar-refractivity contribution is -0.118. The highest BCUT2D eigenvalue weighted by Crippen LogP contribution is 2.31. The van der Waals surface area contributed by atoms with Crippen LogP contribution in [0.25, 0.3) is 10.2 Å². The summed E-state index contributed by atoms with van der Waals surface area (Å²) in [6.45, 7) is 16.2. The molecule has 0 aliphatic rings. The summed E-state index contributed by atoms with van der Waals surface area (Å²) in [7, 11) is 0. The first kappa shape index (κ1) is 25.3. The van der Waals surface area contributed by atoms with Gasteiger partial charge >= 0.3 is 0 Å². The summed E-state index contributed by atoms with van der Waals surface area (Å²) in [5.41, 5.74) is 6.89. The minimum atomic E-state index is 0. The number of nitrogens with zero attached hydrogens (tertiary/aromatic N) is 3. The smallest absolute Gasteiger partial charge is 0.233 e. The Kier molecular flexibility index (Phi) is 9.04. The largest absolute Gasteiger partial charge is 0.302 e. The van der Waals surface area contributed by atoms with Gasteiger partial charge in [-0.05, 0) is 69.1 Å². The number of anilines is 1. The zero-order chi connectivity index (χ0) is 21.8. The summed E-state index contributed by atoms with van der Waals surface area (Å²) >= 11 is 1.61. The Bertz CT molecular complexity index is 1020. The van der Waals surface area contributed by atoms with E-state index in [0.29, 0.717) is 13.0 Å². The van der Waals surface area contributed by atoms with E-state index < -0.39 is 0 Å². The molecule has 0 bridgehead atoms. The summed E-state index contributed by atoms with van der Waals surface area (Å²) in [6.07, 6.45) is 0.408. The van der Waals surface area contributed by atoms with Crippen LogP contribution in [0, 0.1) is 27.7 Å². The predicted octanol–water partition coefficient (Wildman–Crippen LogP) is 5.87. The van der Waals surface area contributed by atoms with Crippen molar-refractivity contribution < 1.29 is 4.79 Å². The number of para-hydroxylation sites is 1. The highest BCUT2D eigenvalue weighted by Gasteiger charge is 2.22. The van der Waals surface area contributed by atoms with Crippen molar-refractivity contribution in [1.82, 2.24) is 9.88 Å². The lowest BCUT2D eigenvalue weighted by atomic mass is 9.97. The van der Waals surface area contributed by atoms with Gasteiger partial charge in [0.1, 0.15) is 0 Å². The Morgan fingerprint density at radius 2 is 1.61 bits per heavy atom. The first-order valence-corrected chi connectivity index (χ1v) is 11.6. The van der Waals surface area contributed by atoms with Gasteiger partial charge in [0.15, 0.2) is 5.13 Å². The molecule has 1 aromatic heterocycles. The third kappa shape index (κ3) is 5.85. The lowest BCUT2D eigenvalue weighted by Gasteiger charge is -2.25. The van der Waals surface area contributed by atoms with Gasteiger partial charge in [0.25, 0.3) is 0 Å². The molecule has 0 unspecified atom stereocenters. The van der Waals surface area contributed by atoms with Crippen molar-refractivity contribution in [1.29, 1.82) is 0 Å². The van der Waals surface area contributed by atoms with E-state index in [9.17, 15) is 4.79 Å². The quantitative estimate of drug-likeness (QED) is 0.422. The minimum absolute atomic E-state index is 0. The Morgan fingerprint density at radius 3 is 2.19 bits per heavy atom. The number of aromatic nitrogens is 1. The molecule has 4 nitrogen and oxygen atoms in total. The van der Waals surface area contributed by atoms with E-state index in [1.54, 1.807) is 11.3 Å². The first-order valence-electron chi connectivity index (χ1n) is 10.8. The number of likely N-dealkylation sites (N-methyl/N-ethyl adjacent to an activating group) is 1. The molecule has 0 radical (unpaired) electrons. The molecule has 0 spiro atoms. The molecule has 0 aliphatic heterocycles. The molecule has 0 saturated carbocycles. The van der Waals surface area contributed by atoms with E-state index in [2.05, 4.69) is 76.8 Å². The van der Waals surface area contributed by atoms with Crippen LogP contribution in [-0.4, -0.2) is 42.0 Å². The summed E-state index contributed by atoms with van der Waals surface area (Å²) in [6, 6.07) is 10.5. The first-order chi connectivity index (χ1) is 14.3. The van der Waals surface area contributed by atoms with Gasteiger partial charge in [-0.25, -0.2) is 4.98 Å². The number of benzene rings is 2. The highest BCUT2D eigenvalue weighted by molar-refractivity contribution is 7.22. The van der Waals surface area contributed by atoms with Crippen LogP contribution in [0.2, 0.25) is 0 Å². The molecular weight excluding hydrogens is 426 g/mol. The second-order valence-electron chi connectivity index (χ2n) is 8.04. The number of hydrogen-bond acceptors (Lipinski definition) is 4. The molecule has 31 heavy (non-hydrogen) atoms. The lowest BCUT2D eigenvalue weighted by Crippen LogP contribution is -2.39. The van der Waals surface area contributed by atoms with Gasteiger partial charge in [-0.3, -0.25) is 9.69 Å². The molecule has 2 aromatic carbocycles. The van der Waals surface area contributed by atoms with Crippen LogP contribution >= 0.6 is 23.7 Å². The Labute approximate surface area is 196 Å². The van der Waals surface area contributed by atoms with Gasteiger partial charge in [0, 0.05) is 13.1 Å². The topological polar surface area (TPSA) is 36.4 Å². The van der Waals surface area contributed by atoms with Gasteiger partial charge in [-0.2, -0.15) is 0 Å². The Morgan fingerprint density at radius 1 is 0.968 bits per heavy atom. The van der Waals surface area contributed by atoms with Crippen molar-refractivity contribution in [2.75, 3.05) is 31.1 Å². The number of hydrogen-bond donors (Lipinski definition) is 0. The summed E-state index contributed by atoms with van der Waals surface area (Å²) in [5.74, 6) is 0.119. The van der Waals surface area contributed by atoms with Crippen LogP contribution in [0.4, 0.5) is 5.13 Å². The molecular formula is C25H34ClN3OS. The second kappa shape index (κ2) is 11.1. The van der Waals surface area contributed by atoms with Gasteiger partial charge in [0.2, 0.25) is 5.91 Å². The Balaban J connectivity index is 0.00000341. The fourth-order valence-electron chi connectivity index (χ4n) is 4.03. The Hall–Kier alpha value is -1.95. The van der Waals surface area contributed by atoms with E-state index in [-0.39, 0.29) is 18.3 Å². The number of carbonyl (C=O) groups excluding carboxylic acids is 1. The molecule has 1 amide bonds. The maximum atomic E-state index is 13.5. The van der Waals surface area contributed by atoms with Crippen LogP contribution in [0.1, 0.15) is 41.7 Å². The van der Waals surface area contributed by atoms with Crippen molar-refractivity contribution in [3.05, 3.63) is 58.1 Å². The van der Waals surface area contributed by atoms with Gasteiger partial charge in [0.05, 0.1) is 16.6 Å². The van der Waals surface area contributed by atoms with Crippen LogP contribution in [-0.2, 0) is 11.2 Å². The third-order valence-electron chi connectivity index (χ3n) is 5.84. The molecule has 3 aromatic rings. The zero-order valence-corrected chi connectivity index (χ0v) is 21.1. The average molecular weight is 460 g/mol. The van der Waals surface area contributed by atoms with Gasteiger partial charge in [-0.1, -0.05) is 55.0 Å². The molecule has 0 fully saturated rings. The molecule has 3 rings (SSSR count). The van der Waals surface area contributed by atoms with Crippen molar-refractivity contribution in [3.63, 3.8) is 0 Å². The molecule has 6 heteroatoms. The summed E-state index contributed by atoms with van der Waals surface area (Å²) < 4.78 is 1.13. The fourth-order valence-corrected chi connectivity index (χ4v) is 5.12. The SMILES string of the molecule is CCN(CC)CCN(C(=O)Cc1c(C)cc(C)cc1C)c1nc2c(C)cccc2s1.Cl.